The van der Waals surface area contributed by atoms with E-state index in [1.807, 2.05) is 31.2 Å². The molecule has 0 fully saturated rings. The minimum absolute atomic E-state index is 0.698. The lowest BCUT2D eigenvalue weighted by Crippen LogP contribution is -2.21. The summed E-state index contributed by atoms with van der Waals surface area (Å²) in [5, 5.41) is 3.43. The van der Waals surface area contributed by atoms with Crippen molar-refractivity contribution < 1.29 is 9.47 Å². The minimum Gasteiger partial charge on any atom is -0.494 e. The predicted molar refractivity (Wildman–Crippen MR) is 80.0 cm³/mol. The van der Waals surface area contributed by atoms with Crippen molar-refractivity contribution in [2.45, 2.75) is 33.6 Å². The van der Waals surface area contributed by atoms with Gasteiger partial charge in [0.1, 0.15) is 11.5 Å². The fourth-order valence-electron chi connectivity index (χ4n) is 1.73. The normalized spacial score (nSPS) is 10.7. The molecule has 3 nitrogen and oxygen atoms in total. The summed E-state index contributed by atoms with van der Waals surface area (Å²) < 4.78 is 11.1. The molecule has 19 heavy (non-hydrogen) atoms. The van der Waals surface area contributed by atoms with Crippen LogP contribution >= 0.6 is 0 Å². The van der Waals surface area contributed by atoms with Crippen LogP contribution in [0.1, 0.15) is 33.6 Å². The second kappa shape index (κ2) is 9.68. The van der Waals surface area contributed by atoms with Gasteiger partial charge in [0.2, 0.25) is 0 Å². The van der Waals surface area contributed by atoms with E-state index >= 15 is 0 Å². The monoisotopic (exact) mass is 265 g/mol. The van der Waals surface area contributed by atoms with Crippen LogP contribution in [0, 0.1) is 5.92 Å². The number of ether oxygens (including phenoxy) is 2. The van der Waals surface area contributed by atoms with Crippen molar-refractivity contribution in [3.63, 3.8) is 0 Å². The molecule has 1 N–H and O–H groups in total. The largest absolute Gasteiger partial charge is 0.494 e. The van der Waals surface area contributed by atoms with Gasteiger partial charge < -0.3 is 14.8 Å². The van der Waals surface area contributed by atoms with Crippen molar-refractivity contribution >= 4 is 0 Å². The predicted octanol–water partition coefficient (Wildman–Crippen LogP) is 3.49. The Hall–Kier alpha value is -1.22. The molecule has 0 aliphatic carbocycles. The van der Waals surface area contributed by atoms with Gasteiger partial charge in [0.25, 0.3) is 0 Å². The van der Waals surface area contributed by atoms with Crippen LogP contribution in [-0.4, -0.2) is 26.3 Å². The van der Waals surface area contributed by atoms with Crippen LogP contribution in [-0.2, 0) is 0 Å². The molecule has 0 bridgehead atoms. The Morgan fingerprint density at radius 1 is 1.00 bits per heavy atom. The van der Waals surface area contributed by atoms with Crippen LogP contribution in [0.25, 0.3) is 0 Å². The molecule has 0 aliphatic rings. The zero-order chi connectivity index (χ0) is 13.9. The summed E-state index contributed by atoms with van der Waals surface area (Å²) in [6.07, 6.45) is 2.24. The van der Waals surface area contributed by atoms with E-state index in [4.69, 9.17) is 9.47 Å². The molecule has 0 heterocycles. The van der Waals surface area contributed by atoms with Gasteiger partial charge in [-0.15, -0.1) is 0 Å². The van der Waals surface area contributed by atoms with E-state index < -0.39 is 0 Å². The van der Waals surface area contributed by atoms with Gasteiger partial charge in [-0.25, -0.2) is 0 Å². The lowest BCUT2D eigenvalue weighted by molar-refractivity contribution is 0.303. The Balaban J connectivity index is 2.05. The highest BCUT2D eigenvalue weighted by Crippen LogP contribution is 2.17. The van der Waals surface area contributed by atoms with Crippen LogP contribution in [0.5, 0.6) is 11.5 Å². The second-order valence-corrected chi connectivity index (χ2v) is 5.06. The van der Waals surface area contributed by atoms with E-state index in [2.05, 4.69) is 19.2 Å². The van der Waals surface area contributed by atoms with Gasteiger partial charge >= 0.3 is 0 Å². The zero-order valence-electron chi connectivity index (χ0n) is 12.4. The fourth-order valence-corrected chi connectivity index (χ4v) is 1.73. The topological polar surface area (TPSA) is 30.5 Å². The Bertz CT molecular complexity index is 322. The van der Waals surface area contributed by atoms with E-state index in [0.29, 0.717) is 6.61 Å². The highest BCUT2D eigenvalue weighted by molar-refractivity contribution is 5.31. The maximum atomic E-state index is 5.68. The van der Waals surface area contributed by atoms with E-state index in [9.17, 15) is 0 Å². The van der Waals surface area contributed by atoms with Gasteiger partial charge in [0.05, 0.1) is 13.2 Å². The van der Waals surface area contributed by atoms with Crippen molar-refractivity contribution in [2.75, 3.05) is 26.3 Å². The third kappa shape index (κ3) is 7.73. The molecule has 108 valence electrons. The van der Waals surface area contributed by atoms with Gasteiger partial charge in [-0.1, -0.05) is 13.8 Å². The first kappa shape index (κ1) is 15.8. The summed E-state index contributed by atoms with van der Waals surface area (Å²) in [7, 11) is 0. The first-order valence-electron chi connectivity index (χ1n) is 7.28. The summed E-state index contributed by atoms with van der Waals surface area (Å²) in [4.78, 5) is 0. The molecule has 1 aromatic carbocycles. The molecule has 0 spiro atoms. The van der Waals surface area contributed by atoms with E-state index in [1.165, 1.54) is 0 Å². The molecule has 0 amide bonds. The quantitative estimate of drug-likeness (QED) is 0.657. The minimum atomic E-state index is 0.698. The lowest BCUT2D eigenvalue weighted by Gasteiger charge is -2.09. The molecule has 0 saturated carbocycles. The first-order chi connectivity index (χ1) is 9.22. The molecular formula is C16H27NO2. The maximum absolute atomic E-state index is 5.68. The van der Waals surface area contributed by atoms with Gasteiger partial charge in [-0.2, -0.15) is 0 Å². The van der Waals surface area contributed by atoms with E-state index in [0.717, 1.165) is 50.0 Å². The molecule has 0 aromatic heterocycles. The van der Waals surface area contributed by atoms with Crippen LogP contribution in [0.3, 0.4) is 0 Å². The first-order valence-corrected chi connectivity index (χ1v) is 7.28. The standard InChI is InChI=1S/C16H27NO2/c1-4-18-15-7-9-16(10-8-15)19-12-6-5-11-17-13-14(2)3/h7-10,14,17H,4-6,11-13H2,1-3H3. The highest BCUT2D eigenvalue weighted by Gasteiger charge is 1.96. The fraction of sp³-hybridized carbons (Fsp3) is 0.625. The second-order valence-electron chi connectivity index (χ2n) is 5.06. The molecule has 0 saturated heterocycles. The number of hydrogen-bond acceptors (Lipinski definition) is 3. The Labute approximate surface area is 117 Å². The maximum Gasteiger partial charge on any atom is 0.119 e. The summed E-state index contributed by atoms with van der Waals surface area (Å²) in [6.45, 7) is 10.1. The van der Waals surface area contributed by atoms with Crippen LogP contribution < -0.4 is 14.8 Å². The number of benzene rings is 1. The summed E-state index contributed by atoms with van der Waals surface area (Å²) >= 11 is 0. The summed E-state index contributed by atoms with van der Waals surface area (Å²) in [5.41, 5.74) is 0. The highest BCUT2D eigenvalue weighted by atomic mass is 16.5. The third-order valence-corrected chi connectivity index (χ3v) is 2.70. The molecule has 0 radical (unpaired) electrons. The Morgan fingerprint density at radius 2 is 1.63 bits per heavy atom. The van der Waals surface area contributed by atoms with E-state index in [1.54, 1.807) is 0 Å². The number of nitrogens with one attached hydrogen (secondary N) is 1. The summed E-state index contributed by atoms with van der Waals surface area (Å²) in [6, 6.07) is 7.82. The van der Waals surface area contributed by atoms with Crippen LogP contribution in [0.4, 0.5) is 0 Å². The van der Waals surface area contributed by atoms with Gasteiger partial charge in [-0.3, -0.25) is 0 Å². The van der Waals surface area contributed by atoms with Crippen LogP contribution in [0.15, 0.2) is 24.3 Å². The lowest BCUT2D eigenvalue weighted by atomic mass is 10.2. The average Bonchev–Trinajstić information content (AvgIpc) is 2.39. The molecule has 1 aromatic rings. The van der Waals surface area contributed by atoms with Crippen LogP contribution in [0.2, 0.25) is 0 Å². The SMILES string of the molecule is CCOc1ccc(OCCCCNCC(C)C)cc1. The van der Waals surface area contributed by atoms with E-state index in [-0.39, 0.29) is 0 Å². The molecular weight excluding hydrogens is 238 g/mol. The van der Waals surface area contributed by atoms with Crippen molar-refractivity contribution in [2.24, 2.45) is 5.92 Å². The molecule has 0 aliphatic heterocycles. The number of hydrogen-bond donors (Lipinski definition) is 1. The Morgan fingerprint density at radius 3 is 2.21 bits per heavy atom. The van der Waals surface area contributed by atoms with Crippen molar-refractivity contribution in [1.82, 2.24) is 5.32 Å². The molecule has 1 rings (SSSR count). The van der Waals surface area contributed by atoms with Gasteiger partial charge in [0.15, 0.2) is 0 Å². The van der Waals surface area contributed by atoms with Gasteiger partial charge in [0, 0.05) is 0 Å². The van der Waals surface area contributed by atoms with Gasteiger partial charge in [-0.05, 0) is 63.0 Å². The molecule has 0 unspecified atom stereocenters. The summed E-state index contributed by atoms with van der Waals surface area (Å²) in [5.74, 6) is 2.53. The number of rotatable bonds is 10. The molecule has 0 atom stereocenters. The third-order valence-electron chi connectivity index (χ3n) is 2.70. The molecule has 3 heteroatoms. The van der Waals surface area contributed by atoms with Crippen molar-refractivity contribution in [1.29, 1.82) is 0 Å². The average molecular weight is 265 g/mol. The zero-order valence-corrected chi connectivity index (χ0v) is 12.4. The number of unbranched alkanes of at least 4 members (excludes halogenated alkanes) is 1. The Kier molecular flexibility index (Phi) is 8.07. The van der Waals surface area contributed by atoms with Crippen molar-refractivity contribution in [3.8, 4) is 11.5 Å². The smallest absolute Gasteiger partial charge is 0.119 e. The van der Waals surface area contributed by atoms with Crippen molar-refractivity contribution in [3.05, 3.63) is 24.3 Å².